The Morgan fingerprint density at radius 3 is 2.35 bits per heavy atom. The zero-order valence-electron chi connectivity index (χ0n) is 13.1. The SMILES string of the molecule is CCCC(=O)Nc1ccc(Nc2ccc(C(=O)OC)cc2)cn1. The van der Waals surface area contributed by atoms with Gasteiger partial charge in [-0.3, -0.25) is 4.79 Å². The van der Waals surface area contributed by atoms with Gasteiger partial charge in [-0.25, -0.2) is 9.78 Å². The summed E-state index contributed by atoms with van der Waals surface area (Å²) in [5, 5.41) is 5.90. The Labute approximate surface area is 134 Å². The van der Waals surface area contributed by atoms with Gasteiger partial charge in [0, 0.05) is 12.1 Å². The van der Waals surface area contributed by atoms with E-state index in [0.717, 1.165) is 17.8 Å². The Kier molecular flexibility index (Phi) is 5.68. The summed E-state index contributed by atoms with van der Waals surface area (Å²) in [7, 11) is 1.35. The molecule has 2 rings (SSSR count). The van der Waals surface area contributed by atoms with Crippen LogP contribution in [0.5, 0.6) is 0 Å². The van der Waals surface area contributed by atoms with Crippen LogP contribution in [0.25, 0.3) is 0 Å². The van der Waals surface area contributed by atoms with Crippen LogP contribution < -0.4 is 10.6 Å². The van der Waals surface area contributed by atoms with Crippen molar-refractivity contribution < 1.29 is 14.3 Å². The molecule has 0 spiro atoms. The van der Waals surface area contributed by atoms with E-state index in [-0.39, 0.29) is 11.9 Å². The van der Waals surface area contributed by atoms with E-state index in [1.807, 2.05) is 13.0 Å². The van der Waals surface area contributed by atoms with Gasteiger partial charge in [-0.2, -0.15) is 0 Å². The van der Waals surface area contributed by atoms with Crippen LogP contribution >= 0.6 is 0 Å². The Morgan fingerprint density at radius 1 is 1.09 bits per heavy atom. The van der Waals surface area contributed by atoms with Crippen LogP contribution in [0.4, 0.5) is 17.2 Å². The number of methoxy groups -OCH3 is 1. The second kappa shape index (κ2) is 7.93. The lowest BCUT2D eigenvalue weighted by Gasteiger charge is -2.08. The van der Waals surface area contributed by atoms with Gasteiger partial charge in [0.15, 0.2) is 0 Å². The molecule has 1 aromatic carbocycles. The smallest absolute Gasteiger partial charge is 0.337 e. The van der Waals surface area contributed by atoms with Crippen LogP contribution in [-0.2, 0) is 9.53 Å². The van der Waals surface area contributed by atoms with Crippen molar-refractivity contribution in [3.63, 3.8) is 0 Å². The molecule has 0 fully saturated rings. The fraction of sp³-hybridized carbons (Fsp3) is 0.235. The van der Waals surface area contributed by atoms with Gasteiger partial charge in [0.05, 0.1) is 24.6 Å². The first-order valence-corrected chi connectivity index (χ1v) is 7.33. The summed E-state index contributed by atoms with van der Waals surface area (Å²) in [6.07, 6.45) is 2.91. The summed E-state index contributed by atoms with van der Waals surface area (Å²) in [4.78, 5) is 27.1. The molecule has 0 aliphatic carbocycles. The van der Waals surface area contributed by atoms with Crippen LogP contribution in [0.3, 0.4) is 0 Å². The summed E-state index contributed by atoms with van der Waals surface area (Å²) in [6, 6.07) is 10.5. The minimum absolute atomic E-state index is 0.0425. The highest BCUT2D eigenvalue weighted by molar-refractivity contribution is 5.90. The molecule has 1 aromatic heterocycles. The average molecular weight is 313 g/mol. The number of pyridine rings is 1. The van der Waals surface area contributed by atoms with E-state index in [1.165, 1.54) is 7.11 Å². The highest BCUT2D eigenvalue weighted by atomic mass is 16.5. The number of carbonyl (C=O) groups is 2. The van der Waals surface area contributed by atoms with Crippen molar-refractivity contribution in [2.75, 3.05) is 17.7 Å². The second-order valence-corrected chi connectivity index (χ2v) is 4.92. The van der Waals surface area contributed by atoms with E-state index in [9.17, 15) is 9.59 Å². The number of ether oxygens (including phenoxy) is 1. The van der Waals surface area contributed by atoms with Crippen molar-refractivity contribution in [2.45, 2.75) is 19.8 Å². The normalized spacial score (nSPS) is 10.0. The molecule has 0 unspecified atom stereocenters. The lowest BCUT2D eigenvalue weighted by Crippen LogP contribution is -2.11. The molecule has 2 N–H and O–H groups in total. The molecule has 6 heteroatoms. The van der Waals surface area contributed by atoms with Gasteiger partial charge >= 0.3 is 5.97 Å². The Hall–Kier alpha value is -2.89. The lowest BCUT2D eigenvalue weighted by molar-refractivity contribution is -0.116. The maximum Gasteiger partial charge on any atom is 0.337 e. The maximum absolute atomic E-state index is 11.5. The van der Waals surface area contributed by atoms with E-state index in [4.69, 9.17) is 0 Å². The molecule has 0 aliphatic heterocycles. The van der Waals surface area contributed by atoms with E-state index in [0.29, 0.717) is 17.8 Å². The number of carbonyl (C=O) groups excluding carboxylic acids is 2. The lowest BCUT2D eigenvalue weighted by atomic mass is 10.2. The van der Waals surface area contributed by atoms with E-state index < -0.39 is 0 Å². The van der Waals surface area contributed by atoms with Gasteiger partial charge in [-0.15, -0.1) is 0 Å². The van der Waals surface area contributed by atoms with Crippen molar-refractivity contribution in [2.24, 2.45) is 0 Å². The summed E-state index contributed by atoms with van der Waals surface area (Å²) in [5.74, 6) is 0.111. The Bertz CT molecular complexity index is 666. The predicted octanol–water partition coefficient (Wildman–Crippen LogP) is 3.35. The molecule has 0 radical (unpaired) electrons. The van der Waals surface area contributed by atoms with Crippen LogP contribution in [0.1, 0.15) is 30.1 Å². The fourth-order valence-corrected chi connectivity index (χ4v) is 1.95. The predicted molar refractivity (Wildman–Crippen MR) is 88.8 cm³/mol. The number of amides is 1. The number of benzene rings is 1. The first kappa shape index (κ1) is 16.5. The molecule has 120 valence electrons. The third-order valence-electron chi connectivity index (χ3n) is 3.10. The number of aromatic nitrogens is 1. The molecular formula is C17H19N3O3. The molecule has 0 saturated carbocycles. The third-order valence-corrected chi connectivity index (χ3v) is 3.10. The van der Waals surface area contributed by atoms with E-state index >= 15 is 0 Å². The van der Waals surface area contributed by atoms with E-state index in [2.05, 4.69) is 20.4 Å². The van der Waals surface area contributed by atoms with E-state index in [1.54, 1.807) is 36.5 Å². The highest BCUT2D eigenvalue weighted by Gasteiger charge is 2.05. The quantitative estimate of drug-likeness (QED) is 0.799. The molecule has 0 saturated heterocycles. The van der Waals surface area contributed by atoms with Crippen LogP contribution in [0.2, 0.25) is 0 Å². The fourth-order valence-electron chi connectivity index (χ4n) is 1.95. The van der Waals surface area contributed by atoms with Crippen LogP contribution in [-0.4, -0.2) is 24.0 Å². The summed E-state index contributed by atoms with van der Waals surface area (Å²) < 4.78 is 4.65. The van der Waals surface area contributed by atoms with Gasteiger partial charge < -0.3 is 15.4 Å². The van der Waals surface area contributed by atoms with Gasteiger partial charge in [-0.05, 0) is 42.8 Å². The molecule has 0 atom stereocenters. The Balaban J connectivity index is 1.98. The minimum Gasteiger partial charge on any atom is -0.465 e. The summed E-state index contributed by atoms with van der Waals surface area (Å²) in [5.41, 5.74) is 2.09. The molecule has 1 heterocycles. The largest absolute Gasteiger partial charge is 0.465 e. The summed E-state index contributed by atoms with van der Waals surface area (Å²) >= 11 is 0. The van der Waals surface area contributed by atoms with Crippen LogP contribution in [0.15, 0.2) is 42.6 Å². The van der Waals surface area contributed by atoms with Gasteiger partial charge in [-0.1, -0.05) is 6.92 Å². The van der Waals surface area contributed by atoms with Gasteiger partial charge in [0.25, 0.3) is 0 Å². The first-order chi connectivity index (χ1) is 11.1. The highest BCUT2D eigenvalue weighted by Crippen LogP contribution is 2.18. The number of anilines is 3. The molecular weight excluding hydrogens is 294 g/mol. The average Bonchev–Trinajstić information content (AvgIpc) is 2.57. The molecule has 2 aromatic rings. The minimum atomic E-state index is -0.370. The first-order valence-electron chi connectivity index (χ1n) is 7.33. The topological polar surface area (TPSA) is 80.3 Å². The van der Waals surface area contributed by atoms with Crippen LogP contribution in [0, 0.1) is 0 Å². The maximum atomic E-state index is 11.5. The molecule has 6 nitrogen and oxygen atoms in total. The van der Waals surface area contributed by atoms with Gasteiger partial charge in [0.1, 0.15) is 5.82 Å². The van der Waals surface area contributed by atoms with Crippen molar-refractivity contribution in [1.82, 2.24) is 4.98 Å². The second-order valence-electron chi connectivity index (χ2n) is 4.92. The van der Waals surface area contributed by atoms with Crippen molar-refractivity contribution in [3.05, 3.63) is 48.2 Å². The number of nitrogens with one attached hydrogen (secondary N) is 2. The Morgan fingerprint density at radius 2 is 1.78 bits per heavy atom. The molecule has 1 amide bonds. The number of rotatable bonds is 6. The monoisotopic (exact) mass is 313 g/mol. The third kappa shape index (κ3) is 4.81. The van der Waals surface area contributed by atoms with Crippen molar-refractivity contribution >= 4 is 29.1 Å². The van der Waals surface area contributed by atoms with Crippen molar-refractivity contribution in [1.29, 1.82) is 0 Å². The zero-order valence-corrected chi connectivity index (χ0v) is 13.1. The van der Waals surface area contributed by atoms with Gasteiger partial charge in [0.2, 0.25) is 5.91 Å². The van der Waals surface area contributed by atoms with Crippen molar-refractivity contribution in [3.8, 4) is 0 Å². The number of esters is 1. The molecule has 0 aliphatic rings. The molecule has 0 bridgehead atoms. The summed E-state index contributed by atoms with van der Waals surface area (Å²) in [6.45, 7) is 1.95. The number of nitrogens with zero attached hydrogens (tertiary/aromatic N) is 1. The number of hydrogen-bond acceptors (Lipinski definition) is 5. The number of hydrogen-bond donors (Lipinski definition) is 2. The zero-order chi connectivity index (χ0) is 16.7. The molecule has 23 heavy (non-hydrogen) atoms. The standard InChI is InChI=1S/C17H19N3O3/c1-3-4-16(21)20-15-10-9-14(11-18-15)19-13-7-5-12(6-8-13)17(22)23-2/h5-11,19H,3-4H2,1-2H3,(H,18,20,21).